The molecule has 0 saturated carbocycles. The molecule has 212 valence electrons. The van der Waals surface area contributed by atoms with Crippen LogP contribution >= 0.6 is 35.0 Å². The predicted octanol–water partition coefficient (Wildman–Crippen LogP) is 6.16. The number of ether oxygens (including phenoxy) is 1. The number of hydrogen-bond donors (Lipinski definition) is 0. The van der Waals surface area contributed by atoms with Crippen LogP contribution in [0.15, 0.2) is 64.1 Å². The molecular weight excluding hydrogens is 567 g/mol. The number of amidine groups is 1. The van der Waals surface area contributed by atoms with Crippen molar-refractivity contribution in [2.45, 2.75) is 44.8 Å². The van der Waals surface area contributed by atoms with E-state index in [4.69, 9.17) is 32.9 Å². The lowest BCUT2D eigenvalue weighted by atomic mass is 9.92. The smallest absolute Gasteiger partial charge is 0.263 e. The molecule has 1 fully saturated rings. The normalized spacial score (nSPS) is 22.3. The van der Waals surface area contributed by atoms with Crippen molar-refractivity contribution in [1.29, 1.82) is 0 Å². The Balaban J connectivity index is 1.51. The first-order valence-electron chi connectivity index (χ1n) is 13.6. The molecule has 3 atom stereocenters. The number of likely N-dealkylation sites (tertiary alicyclic amines) is 1. The van der Waals surface area contributed by atoms with E-state index in [1.165, 1.54) is 11.8 Å². The quantitative estimate of drug-likeness (QED) is 0.363. The van der Waals surface area contributed by atoms with Crippen molar-refractivity contribution in [3.8, 4) is 0 Å². The Morgan fingerprint density at radius 2 is 1.70 bits per heavy atom. The first-order valence-corrected chi connectivity index (χ1v) is 15.1. The van der Waals surface area contributed by atoms with Crippen molar-refractivity contribution < 1.29 is 14.3 Å². The highest BCUT2D eigenvalue weighted by Crippen LogP contribution is 2.53. The summed E-state index contributed by atoms with van der Waals surface area (Å²) < 4.78 is 5.15. The Morgan fingerprint density at radius 3 is 2.30 bits per heavy atom. The van der Waals surface area contributed by atoms with Gasteiger partial charge in [0.05, 0.1) is 12.6 Å². The molecule has 2 aromatic rings. The molecule has 3 aliphatic heterocycles. The van der Waals surface area contributed by atoms with Crippen LogP contribution in [0.3, 0.4) is 0 Å². The maximum atomic E-state index is 14.2. The van der Waals surface area contributed by atoms with Crippen LogP contribution in [0.25, 0.3) is 0 Å². The Labute approximate surface area is 250 Å². The standard InChI is InChI=1S/C30H34Cl2N4O3S/c1-18(2)25-27(29(38)35-15-5-6-23(35)28(37)34(3)16-17-39-4)40-30-33-24(19-7-11-21(31)12-8-19)26(36(25)30)20-9-13-22(32)14-10-20/h7-14,18,23-24,26H,5-6,15-17H2,1-4H3/t23?,24-,26+/m0/s1. The molecule has 40 heavy (non-hydrogen) atoms. The number of nitrogens with zero attached hydrogens (tertiary/aromatic N) is 4. The van der Waals surface area contributed by atoms with Crippen LogP contribution in [0.4, 0.5) is 0 Å². The summed E-state index contributed by atoms with van der Waals surface area (Å²) in [4.78, 5) is 38.9. The van der Waals surface area contributed by atoms with Gasteiger partial charge in [-0.2, -0.15) is 0 Å². The Hall–Kier alpha value is -2.52. The second-order valence-corrected chi connectivity index (χ2v) is 12.5. The topological polar surface area (TPSA) is 65.5 Å². The van der Waals surface area contributed by atoms with Crippen LogP contribution in [-0.2, 0) is 14.3 Å². The summed E-state index contributed by atoms with van der Waals surface area (Å²) in [6.45, 7) is 5.71. The van der Waals surface area contributed by atoms with Crippen molar-refractivity contribution in [1.82, 2.24) is 14.7 Å². The molecule has 5 rings (SSSR count). The zero-order valence-electron chi connectivity index (χ0n) is 23.1. The molecule has 0 N–H and O–H groups in total. The van der Waals surface area contributed by atoms with Crippen LogP contribution in [0, 0.1) is 5.92 Å². The van der Waals surface area contributed by atoms with E-state index in [1.54, 1.807) is 24.0 Å². The fourth-order valence-electron chi connectivity index (χ4n) is 5.68. The van der Waals surface area contributed by atoms with Gasteiger partial charge in [-0.05, 0) is 65.9 Å². The van der Waals surface area contributed by atoms with Crippen molar-refractivity contribution in [2.75, 3.05) is 33.9 Å². The minimum Gasteiger partial charge on any atom is -0.383 e. The summed E-state index contributed by atoms with van der Waals surface area (Å²) in [6.07, 6.45) is 1.46. The second-order valence-electron chi connectivity index (χ2n) is 10.7. The van der Waals surface area contributed by atoms with E-state index in [2.05, 4.69) is 18.7 Å². The van der Waals surface area contributed by atoms with Crippen LogP contribution < -0.4 is 0 Å². The number of thioether (sulfide) groups is 1. The zero-order chi connectivity index (χ0) is 28.6. The average molecular weight is 602 g/mol. The SMILES string of the molecule is COCCN(C)C(=O)C1CCCN1C(=O)C1=C(C(C)C)N2C(=N[C@@H](c3ccc(Cl)cc3)[C@H]2c2ccc(Cl)cc2)S1. The lowest BCUT2D eigenvalue weighted by Crippen LogP contribution is -2.47. The molecule has 0 spiro atoms. The zero-order valence-corrected chi connectivity index (χ0v) is 25.5. The number of halogens is 2. The molecular formula is C30H34Cl2N4O3S. The van der Waals surface area contributed by atoms with E-state index in [0.29, 0.717) is 41.1 Å². The van der Waals surface area contributed by atoms with Gasteiger partial charge in [0, 0.05) is 43.0 Å². The second kappa shape index (κ2) is 12.1. The van der Waals surface area contributed by atoms with E-state index in [1.807, 2.05) is 48.5 Å². The summed E-state index contributed by atoms with van der Waals surface area (Å²) in [6, 6.07) is 14.8. The summed E-state index contributed by atoms with van der Waals surface area (Å²) in [7, 11) is 3.38. The number of allylic oxidation sites excluding steroid dienone is 1. The highest BCUT2D eigenvalue weighted by Gasteiger charge is 2.49. The fourth-order valence-corrected chi connectivity index (χ4v) is 7.24. The predicted molar refractivity (Wildman–Crippen MR) is 161 cm³/mol. The van der Waals surface area contributed by atoms with Crippen molar-refractivity contribution in [3.05, 3.63) is 80.3 Å². The fraction of sp³-hybridized carbons (Fsp3) is 0.433. The number of carbonyl (C=O) groups excluding carboxylic acids is 2. The number of likely N-dealkylation sites (N-methyl/N-ethyl adjacent to an activating group) is 1. The van der Waals surface area contributed by atoms with Crippen LogP contribution in [0.2, 0.25) is 10.0 Å². The number of fused-ring (bicyclic) bond motifs is 1. The van der Waals surface area contributed by atoms with Gasteiger partial charge in [0.1, 0.15) is 17.0 Å². The van der Waals surface area contributed by atoms with Crippen LogP contribution in [0.5, 0.6) is 0 Å². The van der Waals surface area contributed by atoms with E-state index in [-0.39, 0.29) is 29.8 Å². The molecule has 0 bridgehead atoms. The molecule has 3 heterocycles. The average Bonchev–Trinajstić information content (AvgIpc) is 3.66. The molecule has 3 aliphatic rings. The highest BCUT2D eigenvalue weighted by atomic mass is 35.5. The number of rotatable bonds is 8. The van der Waals surface area contributed by atoms with Crippen molar-refractivity contribution >= 4 is 51.9 Å². The molecule has 0 radical (unpaired) electrons. The molecule has 1 unspecified atom stereocenters. The van der Waals surface area contributed by atoms with Gasteiger partial charge in [0.15, 0.2) is 5.17 Å². The molecule has 0 aliphatic carbocycles. The third kappa shape index (κ3) is 5.51. The van der Waals surface area contributed by atoms with Gasteiger partial charge in [0.25, 0.3) is 5.91 Å². The van der Waals surface area contributed by atoms with Crippen molar-refractivity contribution in [2.24, 2.45) is 10.9 Å². The highest BCUT2D eigenvalue weighted by molar-refractivity contribution is 8.18. The van der Waals surface area contributed by atoms with E-state index in [9.17, 15) is 9.59 Å². The number of amides is 2. The number of benzene rings is 2. The molecule has 2 amide bonds. The maximum absolute atomic E-state index is 14.2. The summed E-state index contributed by atoms with van der Waals surface area (Å²) in [5, 5.41) is 2.13. The Kier molecular flexibility index (Phi) is 8.80. The first-order chi connectivity index (χ1) is 19.2. The Bertz CT molecular complexity index is 1330. The summed E-state index contributed by atoms with van der Waals surface area (Å²) in [5.41, 5.74) is 3.05. The number of aliphatic imine (C=N–C) groups is 1. The van der Waals surface area contributed by atoms with E-state index < -0.39 is 6.04 Å². The molecule has 0 aromatic heterocycles. The van der Waals surface area contributed by atoms with Crippen LogP contribution in [-0.4, -0.2) is 71.6 Å². The molecule has 7 nitrogen and oxygen atoms in total. The van der Waals surface area contributed by atoms with Gasteiger partial charge in [-0.3, -0.25) is 14.6 Å². The third-order valence-electron chi connectivity index (χ3n) is 7.69. The largest absolute Gasteiger partial charge is 0.383 e. The van der Waals surface area contributed by atoms with Gasteiger partial charge in [-0.15, -0.1) is 0 Å². The van der Waals surface area contributed by atoms with Gasteiger partial charge in [-0.25, -0.2) is 0 Å². The lowest BCUT2D eigenvalue weighted by molar-refractivity contribution is -0.141. The number of hydrogen-bond acceptors (Lipinski definition) is 6. The number of methoxy groups -OCH3 is 1. The van der Waals surface area contributed by atoms with E-state index >= 15 is 0 Å². The number of carbonyl (C=O) groups is 2. The minimum absolute atomic E-state index is 0.0442. The van der Waals surface area contributed by atoms with E-state index in [0.717, 1.165) is 28.4 Å². The van der Waals surface area contributed by atoms with Gasteiger partial charge < -0.3 is 19.4 Å². The molecule has 10 heteroatoms. The van der Waals surface area contributed by atoms with Gasteiger partial charge in [-0.1, -0.05) is 61.3 Å². The van der Waals surface area contributed by atoms with Crippen LogP contribution in [0.1, 0.15) is 49.9 Å². The van der Waals surface area contributed by atoms with Gasteiger partial charge in [0.2, 0.25) is 5.91 Å². The summed E-state index contributed by atoms with van der Waals surface area (Å²) >= 11 is 13.9. The van der Waals surface area contributed by atoms with Gasteiger partial charge >= 0.3 is 0 Å². The maximum Gasteiger partial charge on any atom is 0.263 e. The molecule has 1 saturated heterocycles. The van der Waals surface area contributed by atoms with Crippen molar-refractivity contribution in [3.63, 3.8) is 0 Å². The lowest BCUT2D eigenvalue weighted by Gasteiger charge is -2.32. The summed E-state index contributed by atoms with van der Waals surface area (Å²) in [5.74, 6) is -0.0870. The minimum atomic E-state index is -0.470. The third-order valence-corrected chi connectivity index (χ3v) is 9.26. The Morgan fingerprint density at radius 1 is 1.07 bits per heavy atom. The monoisotopic (exact) mass is 600 g/mol. The first kappa shape index (κ1) is 29.0. The molecule has 2 aromatic carbocycles.